The Bertz CT molecular complexity index is 1050. The Morgan fingerprint density at radius 1 is 1.21 bits per heavy atom. The molecule has 0 bridgehead atoms. The van der Waals surface area contributed by atoms with Gasteiger partial charge in [-0.25, -0.2) is 4.98 Å². The first-order chi connectivity index (χ1) is 11.7. The van der Waals surface area contributed by atoms with Crippen LogP contribution in [0.25, 0.3) is 16.2 Å². The highest BCUT2D eigenvalue weighted by Crippen LogP contribution is 2.23. The molecule has 0 aliphatic rings. The van der Waals surface area contributed by atoms with Gasteiger partial charge in [-0.2, -0.15) is 0 Å². The van der Waals surface area contributed by atoms with Crippen molar-refractivity contribution in [1.82, 2.24) is 14.4 Å². The fourth-order valence-electron chi connectivity index (χ4n) is 2.39. The fourth-order valence-corrected chi connectivity index (χ4v) is 3.09. The molecule has 3 aromatic heterocycles. The Morgan fingerprint density at radius 3 is 2.79 bits per heavy atom. The van der Waals surface area contributed by atoms with Crippen LogP contribution in [0.15, 0.2) is 65.2 Å². The molecule has 0 saturated carbocycles. The van der Waals surface area contributed by atoms with Gasteiger partial charge in [-0.15, -0.1) is 11.3 Å². The molecule has 7 heteroatoms. The average Bonchev–Trinajstić information content (AvgIpc) is 3.17. The van der Waals surface area contributed by atoms with Crippen LogP contribution in [-0.2, 0) is 0 Å². The second kappa shape index (κ2) is 5.78. The van der Waals surface area contributed by atoms with Crippen molar-refractivity contribution >= 4 is 27.9 Å². The molecule has 0 atom stereocenters. The number of pyridine rings is 1. The van der Waals surface area contributed by atoms with Gasteiger partial charge < -0.3 is 10.3 Å². The van der Waals surface area contributed by atoms with Crippen molar-refractivity contribution in [2.24, 2.45) is 0 Å². The number of nitrogens with one attached hydrogen (secondary N) is 2. The molecule has 4 rings (SSSR count). The molecule has 1 amide bonds. The van der Waals surface area contributed by atoms with Crippen LogP contribution < -0.4 is 10.9 Å². The summed E-state index contributed by atoms with van der Waals surface area (Å²) >= 11 is 1.58. The van der Waals surface area contributed by atoms with Crippen molar-refractivity contribution in [2.75, 3.05) is 5.32 Å². The largest absolute Gasteiger partial charge is 0.328 e. The highest BCUT2D eigenvalue weighted by Gasteiger charge is 2.10. The zero-order valence-electron chi connectivity index (χ0n) is 12.4. The van der Waals surface area contributed by atoms with E-state index < -0.39 is 11.5 Å². The summed E-state index contributed by atoms with van der Waals surface area (Å²) in [6.07, 6.45) is 5.41. The number of imidazole rings is 1. The summed E-state index contributed by atoms with van der Waals surface area (Å²) in [6.45, 7) is 0. The number of H-pyrrole nitrogens is 1. The first kappa shape index (κ1) is 14.4. The van der Waals surface area contributed by atoms with Crippen molar-refractivity contribution < 1.29 is 4.79 Å². The van der Waals surface area contributed by atoms with Crippen LogP contribution in [0.4, 0.5) is 5.69 Å². The van der Waals surface area contributed by atoms with Gasteiger partial charge in [0.05, 0.1) is 5.69 Å². The molecule has 118 valence electrons. The van der Waals surface area contributed by atoms with Gasteiger partial charge in [-0.05, 0) is 24.3 Å². The maximum atomic E-state index is 12.1. The van der Waals surface area contributed by atoms with Gasteiger partial charge in [0.2, 0.25) is 0 Å². The quantitative estimate of drug-likeness (QED) is 0.603. The molecule has 0 aliphatic heterocycles. The number of anilines is 1. The minimum absolute atomic E-state index is 0.0796. The predicted octanol–water partition coefficient (Wildman–Crippen LogP) is 3.00. The Kier molecular flexibility index (Phi) is 3.47. The summed E-state index contributed by atoms with van der Waals surface area (Å²) in [7, 11) is 0. The van der Waals surface area contributed by atoms with E-state index >= 15 is 0 Å². The first-order valence-corrected chi connectivity index (χ1v) is 8.10. The highest BCUT2D eigenvalue weighted by molar-refractivity contribution is 7.15. The molecule has 0 spiro atoms. The van der Waals surface area contributed by atoms with Crippen LogP contribution in [0.5, 0.6) is 0 Å². The number of nitrogens with zero attached hydrogens (tertiary/aromatic N) is 2. The van der Waals surface area contributed by atoms with Gasteiger partial charge in [-0.3, -0.25) is 14.0 Å². The smallest absolute Gasteiger partial charge is 0.261 e. The molecular weight excluding hydrogens is 324 g/mol. The number of hydrogen-bond acceptors (Lipinski definition) is 4. The summed E-state index contributed by atoms with van der Waals surface area (Å²) in [5.41, 5.74) is 2.12. The van der Waals surface area contributed by atoms with Gasteiger partial charge in [0, 0.05) is 35.2 Å². The highest BCUT2D eigenvalue weighted by atomic mass is 32.1. The number of carbonyl (C=O) groups excluding carboxylic acids is 1. The molecule has 0 radical (unpaired) electrons. The molecular formula is C17H12N4O2S. The average molecular weight is 336 g/mol. The third kappa shape index (κ3) is 2.61. The first-order valence-electron chi connectivity index (χ1n) is 7.22. The second-order valence-corrected chi connectivity index (χ2v) is 6.04. The third-order valence-corrected chi connectivity index (χ3v) is 4.37. The van der Waals surface area contributed by atoms with E-state index in [4.69, 9.17) is 0 Å². The molecule has 0 unspecified atom stereocenters. The van der Waals surface area contributed by atoms with Crippen LogP contribution in [0.3, 0.4) is 0 Å². The molecule has 3 heterocycles. The lowest BCUT2D eigenvalue weighted by molar-refractivity contribution is 0.102. The molecule has 0 aliphatic carbocycles. The van der Waals surface area contributed by atoms with Crippen LogP contribution >= 0.6 is 11.3 Å². The van der Waals surface area contributed by atoms with Crippen LogP contribution in [-0.4, -0.2) is 20.3 Å². The number of fused-ring (bicyclic) bond motifs is 1. The lowest BCUT2D eigenvalue weighted by atomic mass is 10.1. The van der Waals surface area contributed by atoms with Crippen LogP contribution in [0, 0.1) is 0 Å². The van der Waals surface area contributed by atoms with E-state index in [0.29, 0.717) is 5.69 Å². The van der Waals surface area contributed by atoms with Crippen molar-refractivity contribution in [3.63, 3.8) is 0 Å². The number of carbonyl (C=O) groups is 1. The SMILES string of the molecule is O=C(Nc1ccc(-c2cn3ccsc3n2)cc1)c1ccc[nH]c1=O. The van der Waals surface area contributed by atoms with E-state index in [0.717, 1.165) is 16.2 Å². The number of aromatic amines is 1. The zero-order chi connectivity index (χ0) is 16.5. The second-order valence-electron chi connectivity index (χ2n) is 5.16. The maximum Gasteiger partial charge on any atom is 0.261 e. The molecule has 1 aromatic carbocycles. The normalized spacial score (nSPS) is 10.8. The molecule has 24 heavy (non-hydrogen) atoms. The Hall–Kier alpha value is -3.19. The molecule has 0 fully saturated rings. The molecule has 4 aromatic rings. The van der Waals surface area contributed by atoms with E-state index in [2.05, 4.69) is 15.3 Å². The van der Waals surface area contributed by atoms with E-state index in [1.54, 1.807) is 29.5 Å². The standard InChI is InChI=1S/C17H12N4O2S/c22-15-13(2-1-7-18-15)16(23)19-12-5-3-11(4-6-12)14-10-21-8-9-24-17(21)20-14/h1-10H,(H,18,22)(H,19,23). The Morgan fingerprint density at radius 2 is 2.04 bits per heavy atom. The van der Waals surface area contributed by atoms with Gasteiger partial charge >= 0.3 is 0 Å². The summed E-state index contributed by atoms with van der Waals surface area (Å²) in [4.78, 5) is 31.7. The van der Waals surface area contributed by atoms with Gasteiger partial charge in [0.15, 0.2) is 4.96 Å². The lowest BCUT2D eigenvalue weighted by Gasteiger charge is -2.05. The number of hydrogen-bond donors (Lipinski definition) is 2. The third-order valence-electron chi connectivity index (χ3n) is 3.59. The van der Waals surface area contributed by atoms with E-state index in [-0.39, 0.29) is 5.56 Å². The molecule has 6 nitrogen and oxygen atoms in total. The van der Waals surface area contributed by atoms with Gasteiger partial charge in [0.25, 0.3) is 11.5 Å². The number of thiazole rings is 1. The van der Waals surface area contributed by atoms with Crippen molar-refractivity contribution in [3.8, 4) is 11.3 Å². The van der Waals surface area contributed by atoms with E-state index in [1.807, 2.05) is 34.3 Å². The summed E-state index contributed by atoms with van der Waals surface area (Å²) in [5, 5.41) is 4.70. The van der Waals surface area contributed by atoms with Gasteiger partial charge in [0.1, 0.15) is 5.56 Å². The van der Waals surface area contributed by atoms with Crippen molar-refractivity contribution in [1.29, 1.82) is 0 Å². The summed E-state index contributed by atoms with van der Waals surface area (Å²) in [6, 6.07) is 10.5. The monoisotopic (exact) mass is 336 g/mol. The Labute approximate surface area is 140 Å². The van der Waals surface area contributed by atoms with Crippen LogP contribution in [0.2, 0.25) is 0 Å². The van der Waals surface area contributed by atoms with E-state index in [9.17, 15) is 9.59 Å². The van der Waals surface area contributed by atoms with Crippen molar-refractivity contribution in [2.45, 2.75) is 0 Å². The minimum atomic E-state index is -0.438. The topological polar surface area (TPSA) is 79.3 Å². The zero-order valence-corrected chi connectivity index (χ0v) is 13.2. The van der Waals surface area contributed by atoms with Crippen LogP contribution in [0.1, 0.15) is 10.4 Å². The van der Waals surface area contributed by atoms with Gasteiger partial charge in [-0.1, -0.05) is 12.1 Å². The predicted molar refractivity (Wildman–Crippen MR) is 93.5 cm³/mol. The molecule has 2 N–H and O–H groups in total. The number of amides is 1. The van der Waals surface area contributed by atoms with Crippen molar-refractivity contribution in [3.05, 3.63) is 76.3 Å². The number of aromatic nitrogens is 3. The lowest BCUT2D eigenvalue weighted by Crippen LogP contribution is -2.22. The van der Waals surface area contributed by atoms with E-state index in [1.165, 1.54) is 12.3 Å². The fraction of sp³-hybridized carbons (Fsp3) is 0. The maximum absolute atomic E-state index is 12.1. The number of benzene rings is 1. The summed E-state index contributed by atoms with van der Waals surface area (Å²) in [5.74, 6) is -0.438. The Balaban J connectivity index is 1.55. The molecule has 0 saturated heterocycles. The minimum Gasteiger partial charge on any atom is -0.328 e. The summed E-state index contributed by atoms with van der Waals surface area (Å²) < 4.78 is 1.97. The number of rotatable bonds is 3.